The molecule has 0 nitrogen and oxygen atoms in total. The van der Waals surface area contributed by atoms with Crippen LogP contribution in [-0.2, 0) is 0 Å². The van der Waals surface area contributed by atoms with Crippen LogP contribution in [0, 0.1) is 23.7 Å². The topological polar surface area (TPSA) is 0 Å². The van der Waals surface area contributed by atoms with Crippen molar-refractivity contribution in [3.63, 3.8) is 0 Å². The predicted octanol–water partition coefficient (Wildman–Crippen LogP) is 4.18. The van der Waals surface area contributed by atoms with Crippen LogP contribution < -0.4 is 0 Å². The van der Waals surface area contributed by atoms with Crippen molar-refractivity contribution in [3.05, 3.63) is 0 Å². The lowest BCUT2D eigenvalue weighted by Crippen LogP contribution is -1.73. The van der Waals surface area contributed by atoms with Crippen molar-refractivity contribution >= 4 is 22.6 Å². The molecule has 0 saturated heterocycles. The largest absolute Gasteiger partial charge is 0.0891 e. The lowest BCUT2D eigenvalue weighted by atomic mass is 10.2. The fourth-order valence-corrected chi connectivity index (χ4v) is 1.52. The van der Waals surface area contributed by atoms with Gasteiger partial charge in [-0.3, -0.25) is 0 Å². The van der Waals surface area contributed by atoms with E-state index in [1.54, 1.807) is 0 Å². The van der Waals surface area contributed by atoms with Crippen molar-refractivity contribution < 1.29 is 0 Å². The molecule has 0 saturated carbocycles. The van der Waals surface area contributed by atoms with Gasteiger partial charge >= 0.3 is 0 Å². The summed E-state index contributed by atoms with van der Waals surface area (Å²) >= 11 is 2.40. The summed E-state index contributed by atoms with van der Waals surface area (Å²) < 4.78 is 1.24. The first kappa shape index (κ1) is 13.8. The predicted molar refractivity (Wildman–Crippen MR) is 72.4 cm³/mol. The second-order valence-corrected chi connectivity index (χ2v) is 4.29. The zero-order valence-electron chi connectivity index (χ0n) is 9.03. The fourth-order valence-electron chi connectivity index (χ4n) is 0.985. The Labute approximate surface area is 102 Å². The van der Waals surface area contributed by atoms with Gasteiger partial charge in [0, 0.05) is 12.8 Å². The van der Waals surface area contributed by atoms with Crippen LogP contribution in [0.5, 0.6) is 0 Å². The molecule has 0 atom stereocenters. The van der Waals surface area contributed by atoms with E-state index in [-0.39, 0.29) is 0 Å². The quantitative estimate of drug-likeness (QED) is 0.299. The summed E-state index contributed by atoms with van der Waals surface area (Å²) in [6.07, 6.45) is 8.29. The molecule has 78 valence electrons. The molecule has 0 aromatic carbocycles. The molecule has 0 aliphatic carbocycles. The van der Waals surface area contributed by atoms with Crippen LogP contribution in [0.1, 0.15) is 51.9 Å². The Hall–Kier alpha value is -0.150. The van der Waals surface area contributed by atoms with Crippen LogP contribution >= 0.6 is 22.6 Å². The van der Waals surface area contributed by atoms with E-state index < -0.39 is 0 Å². The van der Waals surface area contributed by atoms with Gasteiger partial charge in [0.05, 0.1) is 0 Å². The van der Waals surface area contributed by atoms with Crippen LogP contribution in [0.15, 0.2) is 0 Å². The van der Waals surface area contributed by atoms with Crippen LogP contribution in [-0.4, -0.2) is 4.43 Å². The molecular formula is C13H19I. The van der Waals surface area contributed by atoms with Crippen molar-refractivity contribution in [2.75, 3.05) is 4.43 Å². The van der Waals surface area contributed by atoms with Gasteiger partial charge in [-0.1, -0.05) is 54.2 Å². The molecule has 0 fully saturated rings. The summed E-state index contributed by atoms with van der Waals surface area (Å²) in [5, 5.41) is 0. The van der Waals surface area contributed by atoms with E-state index in [1.807, 2.05) is 0 Å². The maximum Gasteiger partial charge on any atom is 0.00991 e. The van der Waals surface area contributed by atoms with E-state index in [1.165, 1.54) is 36.5 Å². The highest BCUT2D eigenvalue weighted by Gasteiger charge is 1.81. The molecule has 0 aliphatic heterocycles. The molecule has 0 radical (unpaired) electrons. The van der Waals surface area contributed by atoms with Crippen molar-refractivity contribution in [1.82, 2.24) is 0 Å². The van der Waals surface area contributed by atoms with E-state index in [2.05, 4.69) is 53.2 Å². The minimum Gasteiger partial charge on any atom is -0.0891 e. The molecule has 0 N–H and O–H groups in total. The Morgan fingerprint density at radius 1 is 0.857 bits per heavy atom. The average molecular weight is 302 g/mol. The SMILES string of the molecule is CCCCCC#CC#CCCCCI. The summed E-state index contributed by atoms with van der Waals surface area (Å²) in [7, 11) is 0. The van der Waals surface area contributed by atoms with E-state index in [4.69, 9.17) is 0 Å². The van der Waals surface area contributed by atoms with Gasteiger partial charge in [-0.15, -0.1) is 0 Å². The molecule has 0 spiro atoms. The summed E-state index contributed by atoms with van der Waals surface area (Å²) in [6.45, 7) is 2.21. The summed E-state index contributed by atoms with van der Waals surface area (Å²) in [4.78, 5) is 0. The molecule has 0 aromatic rings. The zero-order chi connectivity index (χ0) is 10.5. The first-order valence-corrected chi connectivity index (χ1v) is 6.96. The molecule has 0 unspecified atom stereocenters. The zero-order valence-corrected chi connectivity index (χ0v) is 11.2. The fraction of sp³-hybridized carbons (Fsp3) is 0.692. The maximum absolute atomic E-state index is 3.09. The number of hydrogen-bond acceptors (Lipinski definition) is 0. The minimum atomic E-state index is 1.01. The molecule has 0 aliphatic rings. The molecule has 0 rings (SSSR count). The summed E-state index contributed by atoms with van der Waals surface area (Å²) in [5.74, 6) is 12.0. The Morgan fingerprint density at radius 3 is 1.93 bits per heavy atom. The van der Waals surface area contributed by atoms with Crippen molar-refractivity contribution in [3.8, 4) is 23.7 Å². The van der Waals surface area contributed by atoms with Crippen molar-refractivity contribution in [1.29, 1.82) is 0 Å². The standard InChI is InChI=1S/C13H19I/c1-2-3-4-5-6-7-8-9-10-11-12-13-14/h2-5,10-13H2,1H3. The molecule has 14 heavy (non-hydrogen) atoms. The van der Waals surface area contributed by atoms with Gasteiger partial charge in [0.2, 0.25) is 0 Å². The number of unbranched alkanes of at least 4 members (excludes halogenated alkanes) is 5. The molecular weight excluding hydrogens is 283 g/mol. The normalized spacial score (nSPS) is 8.43. The molecule has 0 heterocycles. The Balaban J connectivity index is 3.29. The van der Waals surface area contributed by atoms with Gasteiger partial charge in [-0.25, -0.2) is 0 Å². The second-order valence-electron chi connectivity index (χ2n) is 3.21. The van der Waals surface area contributed by atoms with Gasteiger partial charge in [0.25, 0.3) is 0 Å². The smallest absolute Gasteiger partial charge is 0.00991 e. The average Bonchev–Trinajstić information content (AvgIpc) is 2.21. The molecule has 0 aromatic heterocycles. The highest BCUT2D eigenvalue weighted by atomic mass is 127. The third-order valence-electron chi connectivity index (χ3n) is 1.83. The molecule has 0 amide bonds. The highest BCUT2D eigenvalue weighted by molar-refractivity contribution is 14.1. The third-order valence-corrected chi connectivity index (χ3v) is 2.59. The summed E-state index contributed by atoms with van der Waals surface area (Å²) in [5.41, 5.74) is 0. The van der Waals surface area contributed by atoms with Crippen LogP contribution in [0.3, 0.4) is 0 Å². The van der Waals surface area contributed by atoms with E-state index in [0.29, 0.717) is 0 Å². The van der Waals surface area contributed by atoms with Gasteiger partial charge < -0.3 is 0 Å². The van der Waals surface area contributed by atoms with Gasteiger partial charge in [-0.05, 0) is 35.5 Å². The maximum atomic E-state index is 3.09. The number of halogens is 1. The number of rotatable bonds is 6. The minimum absolute atomic E-state index is 1.01. The molecule has 1 heteroatoms. The van der Waals surface area contributed by atoms with Crippen LogP contribution in [0.4, 0.5) is 0 Å². The highest BCUT2D eigenvalue weighted by Crippen LogP contribution is 1.97. The number of hydrogen-bond donors (Lipinski definition) is 0. The first-order valence-electron chi connectivity index (χ1n) is 5.43. The van der Waals surface area contributed by atoms with Crippen molar-refractivity contribution in [2.45, 2.75) is 51.9 Å². The third kappa shape index (κ3) is 11.8. The number of alkyl halides is 1. The Bertz CT molecular complexity index is 195. The monoisotopic (exact) mass is 302 g/mol. The van der Waals surface area contributed by atoms with E-state index >= 15 is 0 Å². The van der Waals surface area contributed by atoms with Gasteiger partial charge in [0.15, 0.2) is 0 Å². The molecule has 0 bridgehead atoms. The second kappa shape index (κ2) is 12.8. The lowest BCUT2D eigenvalue weighted by Gasteiger charge is -1.87. The lowest BCUT2D eigenvalue weighted by molar-refractivity contribution is 0.737. The Morgan fingerprint density at radius 2 is 1.43 bits per heavy atom. The Kier molecular flexibility index (Phi) is 12.7. The summed E-state index contributed by atoms with van der Waals surface area (Å²) in [6, 6.07) is 0. The van der Waals surface area contributed by atoms with Crippen LogP contribution in [0.25, 0.3) is 0 Å². The van der Waals surface area contributed by atoms with Crippen LogP contribution in [0.2, 0.25) is 0 Å². The van der Waals surface area contributed by atoms with E-state index in [0.717, 1.165) is 12.8 Å². The first-order chi connectivity index (χ1) is 6.91. The van der Waals surface area contributed by atoms with E-state index in [9.17, 15) is 0 Å². The van der Waals surface area contributed by atoms with Gasteiger partial charge in [0.1, 0.15) is 0 Å². The van der Waals surface area contributed by atoms with Crippen molar-refractivity contribution in [2.24, 2.45) is 0 Å². The van der Waals surface area contributed by atoms with Gasteiger partial charge in [-0.2, -0.15) is 0 Å².